The van der Waals surface area contributed by atoms with Crippen LogP contribution in [0.4, 0.5) is 0 Å². The summed E-state index contributed by atoms with van der Waals surface area (Å²) in [5, 5.41) is 0.970. The fourth-order valence-corrected chi connectivity index (χ4v) is 2.03. The average molecular weight is 315 g/mol. The Bertz CT molecular complexity index is 636. The van der Waals surface area contributed by atoms with Gasteiger partial charge in [-0.2, -0.15) is 0 Å². The molecule has 2 aromatic rings. The third-order valence-corrected chi connectivity index (χ3v) is 3.12. The van der Waals surface area contributed by atoms with Gasteiger partial charge in [-0.1, -0.05) is 24.3 Å². The van der Waals surface area contributed by atoms with Crippen molar-refractivity contribution in [1.82, 2.24) is 4.98 Å². The molecule has 122 valence electrons. The lowest BCUT2D eigenvalue weighted by Crippen LogP contribution is -2.16. The summed E-state index contributed by atoms with van der Waals surface area (Å²) in [5.41, 5.74) is 0.738. The summed E-state index contributed by atoms with van der Waals surface area (Å²) >= 11 is 0. The number of rotatable bonds is 10. The molecule has 0 fully saturated rings. The van der Waals surface area contributed by atoms with Crippen molar-refractivity contribution < 1.29 is 19.0 Å². The predicted molar refractivity (Wildman–Crippen MR) is 88.4 cm³/mol. The van der Waals surface area contributed by atoms with Gasteiger partial charge in [0.25, 0.3) is 0 Å². The number of para-hydroxylation sites is 1. The lowest BCUT2D eigenvalue weighted by atomic mass is 10.2. The Kier molecular flexibility index (Phi) is 7.07. The van der Waals surface area contributed by atoms with E-state index in [9.17, 15) is 4.79 Å². The standard InChI is InChI=1S/C18H21NO4/c1-2-11-21-12-3-4-13-22-17(20)14-23-16-9-5-7-15-8-6-10-19-18(15)16/h2,5-10H,1,3-4,11-14H2. The number of ether oxygens (including phenoxy) is 3. The van der Waals surface area contributed by atoms with Crippen molar-refractivity contribution in [2.45, 2.75) is 12.8 Å². The van der Waals surface area contributed by atoms with Crippen molar-refractivity contribution in [2.75, 3.05) is 26.4 Å². The number of nitrogens with zero attached hydrogens (tertiary/aromatic N) is 1. The minimum Gasteiger partial charge on any atom is -0.480 e. The van der Waals surface area contributed by atoms with E-state index in [1.165, 1.54) is 0 Å². The van der Waals surface area contributed by atoms with Crippen molar-refractivity contribution in [3.8, 4) is 5.75 Å². The van der Waals surface area contributed by atoms with Crippen LogP contribution in [0.1, 0.15) is 12.8 Å². The van der Waals surface area contributed by atoms with Crippen LogP contribution >= 0.6 is 0 Å². The molecule has 1 aromatic carbocycles. The SMILES string of the molecule is C=CCOCCCCOC(=O)COc1cccc2cccnc12. The van der Waals surface area contributed by atoms with E-state index >= 15 is 0 Å². The van der Waals surface area contributed by atoms with Gasteiger partial charge in [0.05, 0.1) is 13.2 Å². The molecule has 0 radical (unpaired) electrons. The van der Waals surface area contributed by atoms with Crippen molar-refractivity contribution in [2.24, 2.45) is 0 Å². The molecule has 0 aliphatic heterocycles. The van der Waals surface area contributed by atoms with E-state index in [1.807, 2.05) is 24.3 Å². The van der Waals surface area contributed by atoms with Crippen molar-refractivity contribution in [3.63, 3.8) is 0 Å². The minimum atomic E-state index is -0.384. The number of hydrogen-bond acceptors (Lipinski definition) is 5. The van der Waals surface area contributed by atoms with Gasteiger partial charge >= 0.3 is 5.97 Å². The van der Waals surface area contributed by atoms with E-state index in [4.69, 9.17) is 14.2 Å². The minimum absolute atomic E-state index is 0.122. The van der Waals surface area contributed by atoms with Crippen LogP contribution in [-0.2, 0) is 14.3 Å². The maximum absolute atomic E-state index is 11.7. The molecule has 0 spiro atoms. The zero-order valence-corrected chi connectivity index (χ0v) is 13.1. The van der Waals surface area contributed by atoms with Crippen LogP contribution in [0.15, 0.2) is 49.2 Å². The van der Waals surface area contributed by atoms with Crippen LogP contribution in [0.2, 0.25) is 0 Å². The lowest BCUT2D eigenvalue weighted by Gasteiger charge is -2.09. The first-order valence-corrected chi connectivity index (χ1v) is 7.62. The Morgan fingerprint density at radius 1 is 1.17 bits per heavy atom. The molecule has 1 aromatic heterocycles. The number of aromatic nitrogens is 1. The maximum Gasteiger partial charge on any atom is 0.344 e. The summed E-state index contributed by atoms with van der Waals surface area (Å²) < 4.78 is 15.9. The fourth-order valence-electron chi connectivity index (χ4n) is 2.03. The Morgan fingerprint density at radius 3 is 2.87 bits per heavy atom. The number of benzene rings is 1. The van der Waals surface area contributed by atoms with Crippen LogP contribution in [-0.4, -0.2) is 37.4 Å². The zero-order chi connectivity index (χ0) is 16.3. The first-order chi connectivity index (χ1) is 11.3. The monoisotopic (exact) mass is 315 g/mol. The summed E-state index contributed by atoms with van der Waals surface area (Å²) in [6.45, 7) is 5.00. The Labute approximate surface area is 135 Å². The number of fused-ring (bicyclic) bond motifs is 1. The number of carbonyl (C=O) groups excluding carboxylic acids is 1. The van der Waals surface area contributed by atoms with Crippen LogP contribution in [0, 0.1) is 0 Å². The lowest BCUT2D eigenvalue weighted by molar-refractivity contribution is -0.146. The molecule has 0 saturated carbocycles. The summed E-state index contributed by atoms with van der Waals surface area (Å²) in [6, 6.07) is 9.41. The second kappa shape index (κ2) is 9.58. The van der Waals surface area contributed by atoms with E-state index < -0.39 is 0 Å². The average Bonchev–Trinajstić information content (AvgIpc) is 2.59. The molecule has 2 rings (SSSR count). The second-order valence-electron chi connectivity index (χ2n) is 4.91. The molecule has 0 saturated heterocycles. The second-order valence-corrected chi connectivity index (χ2v) is 4.91. The molecule has 5 heteroatoms. The third-order valence-electron chi connectivity index (χ3n) is 3.12. The van der Waals surface area contributed by atoms with E-state index in [0.717, 1.165) is 23.7 Å². The molecule has 23 heavy (non-hydrogen) atoms. The van der Waals surface area contributed by atoms with Crippen LogP contribution in [0.5, 0.6) is 5.75 Å². The maximum atomic E-state index is 11.7. The zero-order valence-electron chi connectivity index (χ0n) is 13.1. The van der Waals surface area contributed by atoms with Gasteiger partial charge in [-0.15, -0.1) is 6.58 Å². The molecular weight excluding hydrogens is 294 g/mol. The summed E-state index contributed by atoms with van der Waals surface area (Å²) in [6.07, 6.45) is 5.01. The summed E-state index contributed by atoms with van der Waals surface area (Å²) in [5.74, 6) is 0.197. The molecule has 5 nitrogen and oxygen atoms in total. The van der Waals surface area contributed by atoms with E-state index in [1.54, 1.807) is 18.3 Å². The largest absolute Gasteiger partial charge is 0.480 e. The summed E-state index contributed by atoms with van der Waals surface area (Å²) in [4.78, 5) is 15.9. The quantitative estimate of drug-likeness (QED) is 0.383. The van der Waals surface area contributed by atoms with Gasteiger partial charge < -0.3 is 14.2 Å². The molecule has 0 aliphatic rings. The van der Waals surface area contributed by atoms with Crippen molar-refractivity contribution in [3.05, 3.63) is 49.2 Å². The first kappa shape index (κ1) is 17.0. The van der Waals surface area contributed by atoms with Crippen LogP contribution in [0.3, 0.4) is 0 Å². The topological polar surface area (TPSA) is 57.7 Å². The number of carbonyl (C=O) groups is 1. The highest BCUT2D eigenvalue weighted by Gasteiger charge is 2.07. The molecule has 0 atom stereocenters. The normalized spacial score (nSPS) is 10.4. The molecule has 0 N–H and O–H groups in total. The molecule has 1 heterocycles. The van der Waals surface area contributed by atoms with E-state index in [-0.39, 0.29) is 12.6 Å². The van der Waals surface area contributed by atoms with Gasteiger partial charge in [0.1, 0.15) is 11.3 Å². The Morgan fingerprint density at radius 2 is 2.00 bits per heavy atom. The Balaban J connectivity index is 1.69. The highest BCUT2D eigenvalue weighted by atomic mass is 16.6. The molecule has 0 amide bonds. The molecule has 0 bridgehead atoms. The molecular formula is C18H21NO4. The first-order valence-electron chi connectivity index (χ1n) is 7.62. The third kappa shape index (κ3) is 5.71. The van der Waals surface area contributed by atoms with Gasteiger partial charge in [0.15, 0.2) is 6.61 Å². The number of unbranched alkanes of at least 4 members (excludes halogenated alkanes) is 1. The molecule has 0 aliphatic carbocycles. The summed E-state index contributed by atoms with van der Waals surface area (Å²) in [7, 11) is 0. The number of pyridine rings is 1. The number of hydrogen-bond donors (Lipinski definition) is 0. The highest BCUT2D eigenvalue weighted by molar-refractivity contribution is 5.84. The van der Waals surface area contributed by atoms with Gasteiger partial charge in [-0.05, 0) is 25.0 Å². The van der Waals surface area contributed by atoms with E-state index in [0.29, 0.717) is 25.6 Å². The van der Waals surface area contributed by atoms with Gasteiger partial charge in [-0.25, -0.2) is 4.79 Å². The number of esters is 1. The Hall–Kier alpha value is -2.40. The fraction of sp³-hybridized carbons (Fsp3) is 0.333. The van der Waals surface area contributed by atoms with Crippen LogP contribution in [0.25, 0.3) is 10.9 Å². The predicted octanol–water partition coefficient (Wildman–Crippen LogP) is 3.14. The van der Waals surface area contributed by atoms with Gasteiger partial charge in [0.2, 0.25) is 0 Å². The van der Waals surface area contributed by atoms with Crippen LogP contribution < -0.4 is 4.74 Å². The van der Waals surface area contributed by atoms with Gasteiger partial charge in [-0.3, -0.25) is 4.98 Å². The smallest absolute Gasteiger partial charge is 0.344 e. The molecule has 0 unspecified atom stereocenters. The van der Waals surface area contributed by atoms with Crippen molar-refractivity contribution >= 4 is 16.9 Å². The van der Waals surface area contributed by atoms with Gasteiger partial charge in [0, 0.05) is 18.2 Å². The van der Waals surface area contributed by atoms with Crippen molar-refractivity contribution in [1.29, 1.82) is 0 Å². The highest BCUT2D eigenvalue weighted by Crippen LogP contribution is 2.22. The van der Waals surface area contributed by atoms with E-state index in [2.05, 4.69) is 11.6 Å².